The van der Waals surface area contributed by atoms with Gasteiger partial charge in [0.15, 0.2) is 0 Å². The molecule has 1 aliphatic heterocycles. The number of ether oxygens (including phenoxy) is 2. The van der Waals surface area contributed by atoms with Crippen LogP contribution >= 0.6 is 0 Å². The lowest BCUT2D eigenvalue weighted by atomic mass is 9.95. The first-order chi connectivity index (χ1) is 6.09. The quantitative estimate of drug-likeness (QED) is 0.661. The Balaban J connectivity index is 2.55. The summed E-state index contributed by atoms with van der Waals surface area (Å²) in [7, 11) is 1.77. The van der Waals surface area contributed by atoms with Gasteiger partial charge in [0.1, 0.15) is 0 Å². The molecule has 1 saturated heterocycles. The molecule has 1 heterocycles. The first-order valence-electron chi connectivity index (χ1n) is 4.94. The molecule has 1 aliphatic rings. The molecule has 78 valence electrons. The summed E-state index contributed by atoms with van der Waals surface area (Å²) in [5.74, 6) is 0. The van der Waals surface area contributed by atoms with Crippen molar-refractivity contribution in [3.05, 3.63) is 0 Å². The van der Waals surface area contributed by atoms with Crippen molar-refractivity contribution in [3.8, 4) is 0 Å². The van der Waals surface area contributed by atoms with Crippen molar-refractivity contribution in [1.29, 1.82) is 0 Å². The highest BCUT2D eigenvalue weighted by molar-refractivity contribution is 4.88. The number of nitrogens with zero attached hydrogens (tertiary/aromatic N) is 1. The first kappa shape index (κ1) is 11.0. The summed E-state index contributed by atoms with van der Waals surface area (Å²) in [6, 6.07) is 0. The fraction of sp³-hybridized carbons (Fsp3) is 1.00. The van der Waals surface area contributed by atoms with Crippen molar-refractivity contribution < 1.29 is 9.47 Å². The molecule has 0 aromatic carbocycles. The van der Waals surface area contributed by atoms with Gasteiger partial charge in [0.2, 0.25) is 0 Å². The molecule has 0 N–H and O–H groups in total. The maximum Gasteiger partial charge on any atom is 0.0721 e. The largest absolute Gasteiger partial charge is 0.380 e. The molecule has 13 heavy (non-hydrogen) atoms. The van der Waals surface area contributed by atoms with E-state index in [2.05, 4.69) is 25.7 Å². The van der Waals surface area contributed by atoms with Crippen molar-refractivity contribution in [3.63, 3.8) is 0 Å². The third-order valence-corrected chi connectivity index (χ3v) is 3.17. The Hall–Kier alpha value is -0.120. The zero-order valence-electron chi connectivity index (χ0n) is 9.17. The Kier molecular flexibility index (Phi) is 3.71. The summed E-state index contributed by atoms with van der Waals surface area (Å²) in [5.41, 5.74) is 0.110. The van der Waals surface area contributed by atoms with E-state index in [1.165, 1.54) is 0 Å². The third kappa shape index (κ3) is 2.42. The van der Waals surface area contributed by atoms with Crippen LogP contribution in [0.1, 0.15) is 20.8 Å². The average Bonchev–Trinajstić information content (AvgIpc) is 2.18. The minimum Gasteiger partial charge on any atom is -0.380 e. The van der Waals surface area contributed by atoms with E-state index in [9.17, 15) is 0 Å². The minimum absolute atomic E-state index is 0.110. The standard InChI is InChI=1S/C10H21NO2/c1-9(12-4)10(2,3)11-5-7-13-8-6-11/h9H,5-8H2,1-4H3. The molecule has 1 fully saturated rings. The van der Waals surface area contributed by atoms with Gasteiger partial charge < -0.3 is 9.47 Å². The van der Waals surface area contributed by atoms with Crippen molar-refractivity contribution >= 4 is 0 Å². The highest BCUT2D eigenvalue weighted by Crippen LogP contribution is 2.21. The van der Waals surface area contributed by atoms with Crippen LogP contribution in [0.2, 0.25) is 0 Å². The van der Waals surface area contributed by atoms with E-state index in [0.717, 1.165) is 26.3 Å². The minimum atomic E-state index is 0.110. The van der Waals surface area contributed by atoms with E-state index in [-0.39, 0.29) is 11.6 Å². The van der Waals surface area contributed by atoms with Gasteiger partial charge in [-0.2, -0.15) is 0 Å². The zero-order chi connectivity index (χ0) is 9.90. The molecule has 0 radical (unpaired) electrons. The number of rotatable bonds is 3. The van der Waals surface area contributed by atoms with Crippen LogP contribution in [0.4, 0.5) is 0 Å². The molecule has 1 rings (SSSR count). The molecule has 1 unspecified atom stereocenters. The fourth-order valence-electron chi connectivity index (χ4n) is 1.69. The van der Waals surface area contributed by atoms with Crippen LogP contribution in [-0.2, 0) is 9.47 Å². The van der Waals surface area contributed by atoms with Crippen molar-refractivity contribution in [1.82, 2.24) is 4.90 Å². The molecule has 3 heteroatoms. The van der Waals surface area contributed by atoms with E-state index in [1.807, 2.05) is 0 Å². The number of hydrogen-bond acceptors (Lipinski definition) is 3. The lowest BCUT2D eigenvalue weighted by Gasteiger charge is -2.43. The summed E-state index contributed by atoms with van der Waals surface area (Å²) >= 11 is 0. The molecule has 0 aromatic heterocycles. The lowest BCUT2D eigenvalue weighted by Crippen LogP contribution is -2.55. The molecule has 0 aliphatic carbocycles. The SMILES string of the molecule is COC(C)C(C)(C)N1CCOCC1. The van der Waals surface area contributed by atoms with Crippen LogP contribution in [0, 0.1) is 0 Å². The normalized spacial score (nSPS) is 23.1. The summed E-state index contributed by atoms with van der Waals surface area (Å²) < 4.78 is 10.7. The maximum atomic E-state index is 5.39. The van der Waals surface area contributed by atoms with E-state index in [0.29, 0.717) is 0 Å². The Morgan fingerprint density at radius 3 is 2.31 bits per heavy atom. The van der Waals surface area contributed by atoms with Crippen LogP contribution in [0.3, 0.4) is 0 Å². The van der Waals surface area contributed by atoms with Gasteiger partial charge in [-0.15, -0.1) is 0 Å². The molecule has 0 bridgehead atoms. The first-order valence-corrected chi connectivity index (χ1v) is 4.94. The monoisotopic (exact) mass is 187 g/mol. The molecule has 0 aromatic rings. The molecule has 3 nitrogen and oxygen atoms in total. The fourth-order valence-corrected chi connectivity index (χ4v) is 1.69. The summed E-state index contributed by atoms with van der Waals surface area (Å²) in [4.78, 5) is 2.44. The van der Waals surface area contributed by atoms with Gasteiger partial charge in [0, 0.05) is 25.7 Å². The van der Waals surface area contributed by atoms with Crippen LogP contribution in [0.25, 0.3) is 0 Å². The number of methoxy groups -OCH3 is 1. The highest BCUT2D eigenvalue weighted by atomic mass is 16.5. The summed E-state index contributed by atoms with van der Waals surface area (Å²) in [5, 5.41) is 0. The Morgan fingerprint density at radius 1 is 1.31 bits per heavy atom. The predicted octanol–water partition coefficient (Wildman–Crippen LogP) is 1.13. The van der Waals surface area contributed by atoms with Gasteiger partial charge in [-0.05, 0) is 20.8 Å². The molecule has 1 atom stereocenters. The van der Waals surface area contributed by atoms with Gasteiger partial charge in [0.25, 0.3) is 0 Å². The average molecular weight is 187 g/mol. The molecular formula is C10H21NO2. The smallest absolute Gasteiger partial charge is 0.0721 e. The molecule has 0 spiro atoms. The predicted molar refractivity (Wildman–Crippen MR) is 52.9 cm³/mol. The topological polar surface area (TPSA) is 21.7 Å². The van der Waals surface area contributed by atoms with Gasteiger partial charge in [-0.25, -0.2) is 0 Å². The summed E-state index contributed by atoms with van der Waals surface area (Å²) in [6.07, 6.45) is 0.255. The lowest BCUT2D eigenvalue weighted by molar-refractivity contribution is -0.0686. The van der Waals surface area contributed by atoms with E-state index >= 15 is 0 Å². The van der Waals surface area contributed by atoms with E-state index in [1.54, 1.807) is 7.11 Å². The van der Waals surface area contributed by atoms with E-state index in [4.69, 9.17) is 9.47 Å². The van der Waals surface area contributed by atoms with Crippen molar-refractivity contribution in [2.45, 2.75) is 32.4 Å². The second-order valence-electron chi connectivity index (χ2n) is 4.13. The number of morpholine rings is 1. The van der Waals surface area contributed by atoms with E-state index < -0.39 is 0 Å². The Morgan fingerprint density at radius 2 is 1.85 bits per heavy atom. The van der Waals surface area contributed by atoms with Crippen LogP contribution in [0.15, 0.2) is 0 Å². The van der Waals surface area contributed by atoms with Crippen LogP contribution in [-0.4, -0.2) is 50.0 Å². The maximum absolute atomic E-state index is 5.39. The summed E-state index contributed by atoms with van der Waals surface area (Å²) in [6.45, 7) is 10.3. The number of hydrogen-bond donors (Lipinski definition) is 0. The second kappa shape index (κ2) is 4.40. The molecule has 0 saturated carbocycles. The molecular weight excluding hydrogens is 166 g/mol. The van der Waals surface area contributed by atoms with Crippen LogP contribution in [0.5, 0.6) is 0 Å². The second-order valence-corrected chi connectivity index (χ2v) is 4.13. The van der Waals surface area contributed by atoms with Gasteiger partial charge >= 0.3 is 0 Å². The third-order valence-electron chi connectivity index (χ3n) is 3.17. The zero-order valence-corrected chi connectivity index (χ0v) is 9.17. The highest BCUT2D eigenvalue weighted by Gasteiger charge is 2.33. The molecule has 0 amide bonds. The van der Waals surface area contributed by atoms with Crippen LogP contribution < -0.4 is 0 Å². The Labute approximate surface area is 81.0 Å². The van der Waals surface area contributed by atoms with Gasteiger partial charge in [0.05, 0.1) is 19.3 Å². The van der Waals surface area contributed by atoms with Crippen molar-refractivity contribution in [2.24, 2.45) is 0 Å². The van der Waals surface area contributed by atoms with Gasteiger partial charge in [-0.1, -0.05) is 0 Å². The van der Waals surface area contributed by atoms with Crippen molar-refractivity contribution in [2.75, 3.05) is 33.4 Å². The Bertz CT molecular complexity index is 153. The van der Waals surface area contributed by atoms with Gasteiger partial charge in [-0.3, -0.25) is 4.90 Å².